The van der Waals surface area contributed by atoms with E-state index in [0.29, 0.717) is 0 Å². The van der Waals surface area contributed by atoms with Gasteiger partial charge in [0.2, 0.25) is 0 Å². The van der Waals surface area contributed by atoms with Crippen LogP contribution in [-0.2, 0) is 0 Å². The maximum atomic E-state index is 14.6. The van der Waals surface area contributed by atoms with Crippen LogP contribution in [-0.4, -0.2) is 18.5 Å². The van der Waals surface area contributed by atoms with Gasteiger partial charge in [0.1, 0.15) is 0 Å². The van der Waals surface area contributed by atoms with Gasteiger partial charge in [-0.15, -0.1) is 0 Å². The smallest absolute Gasteiger partial charge is 0.171 e. The van der Waals surface area contributed by atoms with E-state index in [-0.39, 0.29) is 23.3 Å². The third kappa shape index (κ3) is 6.11. The van der Waals surface area contributed by atoms with Crippen LogP contribution in [0.3, 0.4) is 0 Å². The van der Waals surface area contributed by atoms with Gasteiger partial charge < -0.3 is 0 Å². The van der Waals surface area contributed by atoms with Gasteiger partial charge in [-0.2, -0.15) is 39.5 Å². The van der Waals surface area contributed by atoms with Gasteiger partial charge in [-0.1, -0.05) is 80.5 Å². The third-order valence-corrected chi connectivity index (χ3v) is 10.6. The molecule has 3 aliphatic carbocycles. The lowest BCUT2D eigenvalue weighted by Crippen LogP contribution is -2.46. The zero-order valence-corrected chi connectivity index (χ0v) is 23.7. The molecular weight excluding hydrogens is 519 g/mol. The summed E-state index contributed by atoms with van der Waals surface area (Å²) in [6.45, 7) is 19.0. The standard InChI is InChI=1S/C29H43F9/c1-12(2)13(3)14(4)17(7)23-19(9)24(18(8)15(5)16(6)20(10)27(30,31)32)26(29(36,37)38)22-11-21(23)25(22)28(33,34)35/h11-18,20-21,23-26H,9H2,1-8,10H3/t13-,14-,15+,16-,17+,18-,20+,21?,23-,24+,25?,26?/m1/s1. The first kappa shape index (κ1) is 33.1. The average Bonchev–Trinajstić information content (AvgIpc) is 2.94. The van der Waals surface area contributed by atoms with Gasteiger partial charge in [0.05, 0.1) is 17.8 Å². The maximum absolute atomic E-state index is 14.6. The molecule has 12 atom stereocenters. The van der Waals surface area contributed by atoms with Gasteiger partial charge in [-0.3, -0.25) is 0 Å². The van der Waals surface area contributed by atoms with Gasteiger partial charge >= 0.3 is 18.5 Å². The summed E-state index contributed by atoms with van der Waals surface area (Å²) in [6, 6.07) is 0. The van der Waals surface area contributed by atoms with Gasteiger partial charge in [-0.25, -0.2) is 0 Å². The van der Waals surface area contributed by atoms with Crippen LogP contribution in [0.1, 0.15) is 62.3 Å². The Morgan fingerprint density at radius 3 is 1.42 bits per heavy atom. The lowest BCUT2D eigenvalue weighted by molar-refractivity contribution is -0.209. The SMILES string of the molecule is C=C1[C@@H]([C@@H](C)[C@H](C)[C@H](C)C(C)C)C2C=C(C2C(F)(F)F)C(C(F)(F)F)[C@H]1[C@H](C)[C@@H](C)[C@@H](C)[C@H](C)C(F)(F)F. The molecule has 3 rings (SSSR count). The number of hydrogen-bond acceptors (Lipinski definition) is 0. The maximum Gasteiger partial charge on any atom is 0.396 e. The second-order valence-corrected chi connectivity index (χ2v) is 12.6. The molecule has 3 unspecified atom stereocenters. The molecule has 1 saturated carbocycles. The minimum absolute atomic E-state index is 0.0924. The number of alkyl halides is 9. The average molecular weight is 563 g/mol. The Labute approximate surface area is 221 Å². The summed E-state index contributed by atoms with van der Waals surface area (Å²) in [5.74, 6) is -13.0. The molecule has 0 radical (unpaired) electrons. The lowest BCUT2D eigenvalue weighted by Gasteiger charge is -2.45. The monoisotopic (exact) mass is 562 g/mol. The van der Waals surface area contributed by atoms with Gasteiger partial charge in [0.25, 0.3) is 0 Å². The lowest BCUT2D eigenvalue weighted by atomic mass is 9.60. The summed E-state index contributed by atoms with van der Waals surface area (Å²) in [5.41, 5.74) is -0.604. The van der Waals surface area contributed by atoms with E-state index in [2.05, 4.69) is 6.58 Å². The van der Waals surface area contributed by atoms with Gasteiger partial charge in [-0.05, 0) is 64.8 Å². The molecule has 222 valence electrons. The molecule has 0 aliphatic heterocycles. The van der Waals surface area contributed by atoms with E-state index < -0.39 is 83.3 Å². The van der Waals surface area contributed by atoms with Crippen LogP contribution < -0.4 is 0 Å². The van der Waals surface area contributed by atoms with E-state index in [1.54, 1.807) is 6.92 Å². The fourth-order valence-corrected chi connectivity index (χ4v) is 7.13. The van der Waals surface area contributed by atoms with Crippen molar-refractivity contribution in [3.8, 4) is 0 Å². The van der Waals surface area contributed by atoms with Gasteiger partial charge in [0.15, 0.2) is 0 Å². The van der Waals surface area contributed by atoms with Crippen molar-refractivity contribution in [3.05, 3.63) is 23.8 Å². The molecule has 38 heavy (non-hydrogen) atoms. The Kier molecular flexibility index (Phi) is 9.59. The van der Waals surface area contributed by atoms with Crippen LogP contribution in [0.2, 0.25) is 0 Å². The van der Waals surface area contributed by atoms with Crippen molar-refractivity contribution in [1.29, 1.82) is 0 Å². The Morgan fingerprint density at radius 1 is 0.605 bits per heavy atom. The molecule has 2 bridgehead atoms. The summed E-state index contributed by atoms with van der Waals surface area (Å²) in [4.78, 5) is 0. The quantitative estimate of drug-likeness (QED) is 0.204. The molecule has 9 heteroatoms. The fourth-order valence-electron chi connectivity index (χ4n) is 7.13. The zero-order chi connectivity index (χ0) is 29.9. The number of halogens is 9. The largest absolute Gasteiger partial charge is 0.396 e. The van der Waals surface area contributed by atoms with Crippen LogP contribution in [0.5, 0.6) is 0 Å². The first-order valence-corrected chi connectivity index (χ1v) is 13.6. The van der Waals surface area contributed by atoms with Crippen LogP contribution in [0.15, 0.2) is 23.8 Å². The summed E-state index contributed by atoms with van der Waals surface area (Å²) < 4.78 is 127. The Morgan fingerprint density at radius 2 is 1.03 bits per heavy atom. The summed E-state index contributed by atoms with van der Waals surface area (Å²) in [5, 5.41) is 0. The first-order valence-electron chi connectivity index (χ1n) is 13.6. The number of rotatable bonds is 8. The van der Waals surface area contributed by atoms with Crippen molar-refractivity contribution in [2.45, 2.75) is 80.8 Å². The Balaban J connectivity index is 2.68. The van der Waals surface area contributed by atoms with Crippen molar-refractivity contribution in [3.63, 3.8) is 0 Å². The predicted molar refractivity (Wildman–Crippen MR) is 132 cm³/mol. The second kappa shape index (κ2) is 11.0. The highest BCUT2D eigenvalue weighted by Crippen LogP contribution is 2.64. The molecule has 0 N–H and O–H groups in total. The second-order valence-electron chi connectivity index (χ2n) is 12.6. The van der Waals surface area contributed by atoms with Gasteiger partial charge in [0, 0.05) is 0 Å². The predicted octanol–water partition coefficient (Wildman–Crippen LogP) is 10.4. The van der Waals surface area contributed by atoms with E-state index in [1.807, 2.05) is 27.7 Å². The third-order valence-electron chi connectivity index (χ3n) is 10.6. The minimum atomic E-state index is -5.00. The highest BCUT2D eigenvalue weighted by atomic mass is 19.4. The summed E-state index contributed by atoms with van der Waals surface area (Å²) in [7, 11) is 0. The molecule has 1 fully saturated rings. The number of hydrogen-bond donors (Lipinski definition) is 0. The molecule has 0 aromatic carbocycles. The minimum Gasteiger partial charge on any atom is -0.171 e. The van der Waals surface area contributed by atoms with E-state index in [4.69, 9.17) is 0 Å². The first-order chi connectivity index (χ1) is 17.0. The zero-order valence-electron chi connectivity index (χ0n) is 23.7. The van der Waals surface area contributed by atoms with Crippen molar-refractivity contribution >= 4 is 0 Å². The molecular formula is C29H43F9. The van der Waals surface area contributed by atoms with Crippen molar-refractivity contribution in [2.75, 3.05) is 0 Å². The molecule has 0 saturated heterocycles. The Hall–Kier alpha value is -1.15. The molecule has 0 amide bonds. The molecule has 3 aliphatic rings. The highest BCUT2D eigenvalue weighted by Gasteiger charge is 2.65. The van der Waals surface area contributed by atoms with Crippen LogP contribution in [0, 0.1) is 76.9 Å². The summed E-state index contributed by atoms with van der Waals surface area (Å²) in [6.07, 6.45) is -13.3. The van der Waals surface area contributed by atoms with E-state index in [1.165, 1.54) is 20.8 Å². The molecule has 0 nitrogen and oxygen atoms in total. The van der Waals surface area contributed by atoms with E-state index in [0.717, 1.165) is 13.0 Å². The molecule has 0 aromatic rings. The van der Waals surface area contributed by atoms with Crippen LogP contribution >= 0.6 is 0 Å². The fraction of sp³-hybridized carbons (Fsp3) is 0.862. The molecule has 0 spiro atoms. The van der Waals surface area contributed by atoms with Crippen molar-refractivity contribution in [2.24, 2.45) is 76.9 Å². The van der Waals surface area contributed by atoms with E-state index in [9.17, 15) is 39.5 Å². The highest BCUT2D eigenvalue weighted by molar-refractivity contribution is 5.38. The number of allylic oxidation sites excluding steroid dienone is 3. The van der Waals surface area contributed by atoms with E-state index >= 15 is 0 Å². The molecule has 0 heterocycles. The number of fused-ring (bicyclic) bond motifs is 3. The normalized spacial score (nSPS) is 32.4. The van der Waals surface area contributed by atoms with Crippen molar-refractivity contribution < 1.29 is 39.5 Å². The van der Waals surface area contributed by atoms with Crippen LogP contribution in [0.4, 0.5) is 39.5 Å². The Bertz CT molecular complexity index is 863. The topological polar surface area (TPSA) is 0 Å². The summed E-state index contributed by atoms with van der Waals surface area (Å²) >= 11 is 0. The molecule has 0 aromatic heterocycles. The van der Waals surface area contributed by atoms with Crippen LogP contribution in [0.25, 0.3) is 0 Å². The van der Waals surface area contributed by atoms with Crippen molar-refractivity contribution in [1.82, 2.24) is 0 Å².